The molecule has 9 nitrogen and oxygen atoms in total. The van der Waals surface area contributed by atoms with Crippen LogP contribution in [-0.2, 0) is 0 Å². The third kappa shape index (κ3) is 8.89. The molecule has 0 saturated heterocycles. The lowest BCUT2D eigenvalue weighted by atomic mass is 9.95. The Morgan fingerprint density at radius 2 is 0.511 bits per heavy atom. The van der Waals surface area contributed by atoms with Crippen molar-refractivity contribution in [2.45, 2.75) is 0 Å². The molecular weight excluding hydrogens is 1150 g/mol. The topological polar surface area (TPSA) is 84.2 Å². The predicted octanol–water partition coefficient (Wildman–Crippen LogP) is 21.1. The number of pyridine rings is 2. The fourth-order valence-electron chi connectivity index (χ4n) is 14.3. The van der Waals surface area contributed by atoms with Gasteiger partial charge in [0.1, 0.15) is 0 Å². The molecule has 7 heterocycles. The second-order valence-corrected chi connectivity index (χ2v) is 23.6. The van der Waals surface area contributed by atoms with Crippen LogP contribution in [0.5, 0.6) is 0 Å². The van der Waals surface area contributed by atoms with E-state index in [0.29, 0.717) is 17.6 Å². The average molecular weight is 1200 g/mol. The smallest absolute Gasteiger partial charge is 0.238 e. The van der Waals surface area contributed by atoms with E-state index in [1.807, 2.05) is 85.5 Å². The molecule has 0 atom stereocenters. The van der Waals surface area contributed by atoms with Crippen molar-refractivity contribution in [3.63, 3.8) is 0 Å². The fourth-order valence-corrected chi connectivity index (χ4v) is 14.3. The summed E-state index contributed by atoms with van der Waals surface area (Å²) in [6.07, 6.45) is 7.76. The highest BCUT2D eigenvalue weighted by Crippen LogP contribution is 2.46. The zero-order valence-electron chi connectivity index (χ0n) is 50.8. The van der Waals surface area contributed by atoms with Crippen molar-refractivity contribution < 1.29 is 0 Å². The minimum atomic E-state index is 0.573. The Labute approximate surface area is 540 Å². The highest BCUT2D eigenvalue weighted by atomic mass is 15.2. The Hall–Kier alpha value is -12.9. The van der Waals surface area contributed by atoms with Gasteiger partial charge in [0.25, 0.3) is 0 Å². The number of hydrogen-bond donors (Lipinski definition) is 0. The van der Waals surface area contributed by atoms with E-state index in [0.717, 1.165) is 88.4 Å². The van der Waals surface area contributed by atoms with Crippen LogP contribution in [0.3, 0.4) is 0 Å². The summed E-state index contributed by atoms with van der Waals surface area (Å²) >= 11 is 0. The standard InChI is InChI=1S/C44H28N6.C41H27N3/c1-4-14-29(15-5-1)42-46-43(30-16-6-2-7-17-30)48-44(47-42)50-36-23-11-10-20-34(36)40-32(21-13-25-39(40)50)33-22-12-24-38-41(33)35-28-45-27-26-37(35)49(38)31-18-8-3-9-19-31;1-3-11-28(12-4-1)29-21-23-31(24-22-29)44-36-18-8-7-15-34(36)40-32(16-9-19-38(40)44)33-17-10-20-39-41(33)35-27-42-26-25-37(35)43(39)30-13-5-2-6-14-30/h1-28H;1-27H. The van der Waals surface area contributed by atoms with E-state index in [2.05, 4.69) is 277 Å². The van der Waals surface area contributed by atoms with Gasteiger partial charge in [-0.15, -0.1) is 0 Å². The second kappa shape index (κ2) is 22.6. The number of benzene rings is 12. The number of fused-ring (bicyclic) bond motifs is 12. The zero-order valence-corrected chi connectivity index (χ0v) is 50.8. The summed E-state index contributed by atoms with van der Waals surface area (Å²) in [5, 5.41) is 9.42. The highest BCUT2D eigenvalue weighted by molar-refractivity contribution is 6.24. The van der Waals surface area contributed by atoms with Crippen molar-refractivity contribution in [2.75, 3.05) is 0 Å². The van der Waals surface area contributed by atoms with Crippen molar-refractivity contribution in [1.82, 2.24) is 43.2 Å². The molecule has 440 valence electrons. The maximum atomic E-state index is 5.13. The van der Waals surface area contributed by atoms with E-state index in [-0.39, 0.29) is 0 Å². The molecule has 0 radical (unpaired) electrons. The van der Waals surface area contributed by atoms with E-state index in [1.165, 1.54) is 60.3 Å². The molecule has 0 saturated carbocycles. The molecule has 19 aromatic rings. The third-order valence-electron chi connectivity index (χ3n) is 18.3. The third-order valence-corrected chi connectivity index (χ3v) is 18.3. The van der Waals surface area contributed by atoms with Crippen LogP contribution in [0.25, 0.3) is 166 Å². The maximum Gasteiger partial charge on any atom is 0.238 e. The molecule has 0 fully saturated rings. The van der Waals surface area contributed by atoms with Crippen LogP contribution in [0.1, 0.15) is 0 Å². The van der Waals surface area contributed by atoms with Gasteiger partial charge in [-0.2, -0.15) is 9.97 Å². The molecule has 19 rings (SSSR count). The summed E-state index contributed by atoms with van der Waals surface area (Å²) in [5.41, 5.74) is 21.5. The zero-order chi connectivity index (χ0) is 62.1. The average Bonchev–Trinajstić information content (AvgIpc) is 1.57. The van der Waals surface area contributed by atoms with Gasteiger partial charge in [-0.3, -0.25) is 14.5 Å². The molecule has 0 spiro atoms. The van der Waals surface area contributed by atoms with Gasteiger partial charge in [0.2, 0.25) is 5.95 Å². The molecule has 0 aliphatic heterocycles. The van der Waals surface area contributed by atoms with Crippen LogP contribution in [-0.4, -0.2) is 43.2 Å². The van der Waals surface area contributed by atoms with E-state index in [4.69, 9.17) is 15.0 Å². The van der Waals surface area contributed by atoms with E-state index in [1.54, 1.807) is 0 Å². The maximum absolute atomic E-state index is 5.13. The van der Waals surface area contributed by atoms with Gasteiger partial charge in [-0.05, 0) is 118 Å². The van der Waals surface area contributed by atoms with Gasteiger partial charge in [-0.25, -0.2) is 4.98 Å². The minimum Gasteiger partial charge on any atom is -0.309 e. The Morgan fingerprint density at radius 1 is 0.202 bits per heavy atom. The quantitative estimate of drug-likeness (QED) is 0.144. The van der Waals surface area contributed by atoms with Crippen molar-refractivity contribution in [2.24, 2.45) is 0 Å². The lowest BCUT2D eigenvalue weighted by Crippen LogP contribution is -2.06. The normalized spacial score (nSPS) is 11.6. The van der Waals surface area contributed by atoms with Crippen molar-refractivity contribution in [3.8, 4) is 79.2 Å². The van der Waals surface area contributed by atoms with E-state index < -0.39 is 0 Å². The highest BCUT2D eigenvalue weighted by Gasteiger charge is 2.25. The Balaban J connectivity index is 0.000000139. The molecule has 0 unspecified atom stereocenters. The molecule has 0 aliphatic carbocycles. The molecule has 0 aliphatic rings. The summed E-state index contributed by atoms with van der Waals surface area (Å²) in [7, 11) is 0. The summed E-state index contributed by atoms with van der Waals surface area (Å²) < 4.78 is 9.27. The van der Waals surface area contributed by atoms with Crippen LogP contribution >= 0.6 is 0 Å². The summed E-state index contributed by atoms with van der Waals surface area (Å²) in [5.74, 6) is 1.83. The summed E-state index contributed by atoms with van der Waals surface area (Å²) in [4.78, 5) is 24.4. The van der Waals surface area contributed by atoms with Gasteiger partial charge < -0.3 is 13.7 Å². The van der Waals surface area contributed by atoms with Crippen molar-refractivity contribution in [1.29, 1.82) is 0 Å². The fraction of sp³-hybridized carbons (Fsp3) is 0. The molecule has 9 heteroatoms. The van der Waals surface area contributed by atoms with Crippen LogP contribution in [0.15, 0.2) is 334 Å². The monoisotopic (exact) mass is 1200 g/mol. The van der Waals surface area contributed by atoms with Crippen LogP contribution in [0, 0.1) is 0 Å². The second-order valence-electron chi connectivity index (χ2n) is 23.6. The first-order valence-electron chi connectivity index (χ1n) is 31.6. The Kier molecular flexibility index (Phi) is 13.0. The number of rotatable bonds is 9. The molecule has 0 N–H and O–H groups in total. The Bertz CT molecular complexity index is 6020. The molecular formula is C85H55N9. The van der Waals surface area contributed by atoms with E-state index in [9.17, 15) is 0 Å². The van der Waals surface area contributed by atoms with Gasteiger partial charge >= 0.3 is 0 Å². The number of aromatic nitrogens is 9. The lowest BCUT2D eigenvalue weighted by Gasteiger charge is -2.11. The predicted molar refractivity (Wildman–Crippen MR) is 386 cm³/mol. The molecule has 0 bridgehead atoms. The van der Waals surface area contributed by atoms with Gasteiger partial charge in [0.15, 0.2) is 11.6 Å². The van der Waals surface area contributed by atoms with Crippen LogP contribution in [0.2, 0.25) is 0 Å². The lowest BCUT2D eigenvalue weighted by molar-refractivity contribution is 0.953. The number of hydrogen-bond acceptors (Lipinski definition) is 5. The molecule has 12 aromatic carbocycles. The first-order chi connectivity index (χ1) is 46.7. The summed E-state index contributed by atoms with van der Waals surface area (Å²) in [6.45, 7) is 0. The first kappa shape index (κ1) is 54.1. The van der Waals surface area contributed by atoms with Crippen LogP contribution < -0.4 is 0 Å². The van der Waals surface area contributed by atoms with Gasteiger partial charge in [0, 0.05) is 96.1 Å². The van der Waals surface area contributed by atoms with Crippen LogP contribution in [0.4, 0.5) is 0 Å². The van der Waals surface area contributed by atoms with Gasteiger partial charge in [-0.1, -0.05) is 224 Å². The largest absolute Gasteiger partial charge is 0.309 e. The SMILES string of the molecule is c1ccc(-c2ccc(-n3c4ccccc4c4c(-c5cccc6c5c5cnccc5n6-c5ccccc5)cccc43)cc2)cc1.c1ccc(-c2nc(-c3ccccc3)nc(-n3c4ccccc4c4c(-c5cccc6c5c5cnccc5n6-c5ccccc5)cccc43)n2)cc1. The molecule has 0 amide bonds. The molecule has 7 aromatic heterocycles. The first-order valence-corrected chi connectivity index (χ1v) is 31.6. The minimum absolute atomic E-state index is 0.573. The molecule has 94 heavy (non-hydrogen) atoms. The summed E-state index contributed by atoms with van der Waals surface area (Å²) in [6, 6.07) is 109. The number of para-hydroxylation sites is 4. The van der Waals surface area contributed by atoms with Crippen molar-refractivity contribution in [3.05, 3.63) is 334 Å². The number of nitrogens with zero attached hydrogens (tertiary/aromatic N) is 9. The van der Waals surface area contributed by atoms with Gasteiger partial charge in [0.05, 0.1) is 44.1 Å². The van der Waals surface area contributed by atoms with E-state index >= 15 is 0 Å². The van der Waals surface area contributed by atoms with Crippen molar-refractivity contribution >= 4 is 87.2 Å². The Morgan fingerprint density at radius 3 is 0.936 bits per heavy atom.